The summed E-state index contributed by atoms with van der Waals surface area (Å²) in [5.74, 6) is 2.58. The van der Waals surface area contributed by atoms with Gasteiger partial charge in [0.2, 0.25) is 11.7 Å². The van der Waals surface area contributed by atoms with E-state index in [9.17, 15) is 0 Å². The molecule has 25 heavy (non-hydrogen) atoms. The smallest absolute Gasteiger partial charge is 0.232 e. The average Bonchev–Trinajstić information content (AvgIpc) is 3.25. The van der Waals surface area contributed by atoms with Gasteiger partial charge in [0, 0.05) is 28.7 Å². The van der Waals surface area contributed by atoms with Gasteiger partial charge in [-0.1, -0.05) is 32.9 Å². The summed E-state index contributed by atoms with van der Waals surface area (Å²) < 4.78 is 16.9. The van der Waals surface area contributed by atoms with E-state index >= 15 is 0 Å². The van der Waals surface area contributed by atoms with Crippen molar-refractivity contribution in [2.45, 2.75) is 51.9 Å². The molecular formula is C19H25N3O3. The van der Waals surface area contributed by atoms with Crippen LogP contribution in [0, 0.1) is 5.41 Å². The van der Waals surface area contributed by atoms with Gasteiger partial charge in [0.05, 0.1) is 19.8 Å². The van der Waals surface area contributed by atoms with Gasteiger partial charge >= 0.3 is 0 Å². The zero-order chi connectivity index (χ0) is 17.7. The first kappa shape index (κ1) is 16.5. The van der Waals surface area contributed by atoms with Crippen LogP contribution >= 0.6 is 0 Å². The van der Waals surface area contributed by atoms with Crippen LogP contribution in [0.4, 0.5) is 0 Å². The van der Waals surface area contributed by atoms with Crippen LogP contribution in [0.15, 0.2) is 16.8 Å². The molecule has 0 bridgehead atoms. The van der Waals surface area contributed by atoms with Crippen LogP contribution in [-0.4, -0.2) is 34.9 Å². The molecule has 134 valence electrons. The Hall–Kier alpha value is -1.95. The van der Waals surface area contributed by atoms with E-state index in [-0.39, 0.29) is 10.8 Å². The summed E-state index contributed by atoms with van der Waals surface area (Å²) in [6.07, 6.45) is 4.32. The van der Waals surface area contributed by atoms with Gasteiger partial charge in [-0.3, -0.25) is 4.98 Å². The summed E-state index contributed by atoms with van der Waals surface area (Å²) in [4.78, 5) is 9.06. The molecule has 0 unspecified atom stereocenters. The Morgan fingerprint density at radius 3 is 2.60 bits per heavy atom. The summed E-state index contributed by atoms with van der Waals surface area (Å²) >= 11 is 0. The van der Waals surface area contributed by atoms with Gasteiger partial charge in [-0.05, 0) is 18.8 Å². The van der Waals surface area contributed by atoms with Gasteiger partial charge in [-0.2, -0.15) is 4.98 Å². The molecule has 2 aliphatic rings. The first-order valence-corrected chi connectivity index (χ1v) is 8.89. The fraction of sp³-hybridized carbons (Fsp3) is 0.632. The lowest BCUT2D eigenvalue weighted by atomic mass is 9.90. The Labute approximate surface area is 147 Å². The molecule has 0 aromatic carbocycles. The van der Waals surface area contributed by atoms with E-state index in [2.05, 4.69) is 22.0 Å². The molecule has 0 radical (unpaired) electrons. The van der Waals surface area contributed by atoms with Crippen LogP contribution in [0.2, 0.25) is 0 Å². The van der Waals surface area contributed by atoms with Crippen LogP contribution in [0.3, 0.4) is 0 Å². The Balaban J connectivity index is 1.60. The van der Waals surface area contributed by atoms with Gasteiger partial charge in [-0.15, -0.1) is 0 Å². The number of ether oxygens (including phenoxy) is 2. The van der Waals surface area contributed by atoms with Crippen molar-refractivity contribution in [3.63, 3.8) is 0 Å². The Kier molecular flexibility index (Phi) is 3.83. The van der Waals surface area contributed by atoms with Crippen molar-refractivity contribution in [2.75, 3.05) is 19.8 Å². The quantitative estimate of drug-likeness (QED) is 0.824. The second-order valence-electron chi connectivity index (χ2n) is 8.65. The molecule has 2 aromatic heterocycles. The molecule has 2 aromatic rings. The molecule has 6 heteroatoms. The lowest BCUT2D eigenvalue weighted by Gasteiger charge is -2.37. The normalized spacial score (nSPS) is 19.5. The lowest BCUT2D eigenvalue weighted by Crippen LogP contribution is -2.44. The summed E-state index contributed by atoms with van der Waals surface area (Å²) in [5.41, 5.74) is 1.80. The second kappa shape index (κ2) is 5.80. The second-order valence-corrected chi connectivity index (χ2v) is 8.65. The summed E-state index contributed by atoms with van der Waals surface area (Å²) in [7, 11) is 0. The van der Waals surface area contributed by atoms with E-state index < -0.39 is 0 Å². The first-order valence-electron chi connectivity index (χ1n) is 8.89. The monoisotopic (exact) mass is 343 g/mol. The maximum absolute atomic E-state index is 6.18. The first-order chi connectivity index (χ1) is 11.8. The molecule has 6 nitrogen and oxygen atoms in total. The number of pyridine rings is 1. The van der Waals surface area contributed by atoms with Crippen molar-refractivity contribution in [1.29, 1.82) is 0 Å². The third-order valence-electron chi connectivity index (χ3n) is 4.69. The minimum Gasteiger partial charge on any atom is -0.492 e. The minimum atomic E-state index is -0.183. The Morgan fingerprint density at radius 1 is 1.28 bits per heavy atom. The van der Waals surface area contributed by atoms with Crippen LogP contribution in [-0.2, 0) is 10.2 Å². The van der Waals surface area contributed by atoms with Crippen molar-refractivity contribution in [1.82, 2.24) is 15.1 Å². The molecule has 0 N–H and O–H groups in total. The van der Waals surface area contributed by atoms with Crippen molar-refractivity contribution >= 4 is 0 Å². The Morgan fingerprint density at radius 2 is 2.04 bits per heavy atom. The van der Waals surface area contributed by atoms with Crippen molar-refractivity contribution < 1.29 is 14.0 Å². The third kappa shape index (κ3) is 3.40. The van der Waals surface area contributed by atoms with E-state index in [0.29, 0.717) is 29.9 Å². The molecule has 2 fully saturated rings. The standard InChI is InChI=1S/C19H25N3O3/c1-18(2,3)17-21-16(22-25-17)14-7-15(13(8-20-14)12-5-6-12)24-11-19(4)9-23-10-19/h7-8,12H,5-6,9-11H2,1-4H3. The van der Waals surface area contributed by atoms with Crippen molar-refractivity contribution in [3.05, 3.63) is 23.7 Å². The lowest BCUT2D eigenvalue weighted by molar-refractivity contribution is -0.120. The largest absolute Gasteiger partial charge is 0.492 e. The molecule has 0 spiro atoms. The molecule has 0 atom stereocenters. The molecule has 1 aliphatic carbocycles. The number of hydrogen-bond acceptors (Lipinski definition) is 6. The van der Waals surface area contributed by atoms with Crippen molar-refractivity contribution in [2.24, 2.45) is 5.41 Å². The van der Waals surface area contributed by atoms with E-state index in [1.807, 2.05) is 33.0 Å². The maximum atomic E-state index is 6.18. The minimum absolute atomic E-state index is 0.107. The summed E-state index contributed by atoms with van der Waals surface area (Å²) in [6.45, 7) is 10.5. The van der Waals surface area contributed by atoms with Gasteiger partial charge in [0.15, 0.2) is 0 Å². The van der Waals surface area contributed by atoms with Gasteiger partial charge in [0.1, 0.15) is 11.4 Å². The fourth-order valence-electron chi connectivity index (χ4n) is 2.81. The number of rotatable bonds is 5. The maximum Gasteiger partial charge on any atom is 0.232 e. The van der Waals surface area contributed by atoms with E-state index in [4.69, 9.17) is 14.0 Å². The third-order valence-corrected chi connectivity index (χ3v) is 4.69. The molecule has 0 amide bonds. The fourth-order valence-corrected chi connectivity index (χ4v) is 2.81. The van der Waals surface area contributed by atoms with E-state index in [0.717, 1.165) is 19.0 Å². The van der Waals surface area contributed by atoms with Crippen LogP contribution in [0.5, 0.6) is 5.75 Å². The molecule has 1 aliphatic heterocycles. The van der Waals surface area contributed by atoms with Crippen LogP contribution < -0.4 is 4.74 Å². The summed E-state index contributed by atoms with van der Waals surface area (Å²) in [6, 6.07) is 1.95. The zero-order valence-electron chi connectivity index (χ0n) is 15.3. The predicted octanol–water partition coefficient (Wildman–Crippen LogP) is 3.72. The number of aromatic nitrogens is 3. The number of hydrogen-bond donors (Lipinski definition) is 0. The topological polar surface area (TPSA) is 70.3 Å². The van der Waals surface area contributed by atoms with Crippen LogP contribution in [0.25, 0.3) is 11.5 Å². The summed E-state index contributed by atoms with van der Waals surface area (Å²) in [5, 5.41) is 4.10. The highest BCUT2D eigenvalue weighted by atomic mass is 16.5. The zero-order valence-corrected chi connectivity index (χ0v) is 15.3. The highest BCUT2D eigenvalue weighted by molar-refractivity contribution is 5.54. The SMILES string of the molecule is CC1(COc2cc(-c3noc(C(C)(C)C)n3)ncc2C2CC2)COC1. The molecular weight excluding hydrogens is 318 g/mol. The highest BCUT2D eigenvalue weighted by Gasteiger charge is 2.35. The number of nitrogens with zero attached hydrogens (tertiary/aromatic N) is 3. The van der Waals surface area contributed by atoms with Crippen molar-refractivity contribution in [3.8, 4) is 17.3 Å². The highest BCUT2D eigenvalue weighted by Crippen LogP contribution is 2.45. The Bertz CT molecular complexity index is 770. The predicted molar refractivity (Wildman–Crippen MR) is 92.6 cm³/mol. The molecule has 1 saturated carbocycles. The molecule has 1 saturated heterocycles. The van der Waals surface area contributed by atoms with Gasteiger partial charge < -0.3 is 14.0 Å². The van der Waals surface area contributed by atoms with Crippen LogP contribution in [0.1, 0.15) is 57.9 Å². The van der Waals surface area contributed by atoms with Gasteiger partial charge in [0.25, 0.3) is 0 Å². The van der Waals surface area contributed by atoms with E-state index in [1.54, 1.807) is 0 Å². The van der Waals surface area contributed by atoms with E-state index in [1.165, 1.54) is 18.4 Å². The molecule has 4 rings (SSSR count). The molecule has 3 heterocycles. The van der Waals surface area contributed by atoms with Gasteiger partial charge in [-0.25, -0.2) is 0 Å². The average molecular weight is 343 g/mol.